The van der Waals surface area contributed by atoms with Crippen molar-refractivity contribution in [3.8, 4) is 0 Å². The first-order chi connectivity index (χ1) is 9.20. The predicted molar refractivity (Wildman–Crippen MR) is 71.4 cm³/mol. The molecule has 1 aromatic carbocycles. The normalized spacial score (nSPS) is 12.2. The number of nitroso groups, excluding NO2 is 1. The zero-order valence-corrected chi connectivity index (χ0v) is 11.2. The van der Waals surface area contributed by atoms with Crippen molar-refractivity contribution < 1.29 is 13.2 Å². The molecule has 0 heterocycles. The molecule has 7 heteroatoms. The van der Waals surface area contributed by atoms with Crippen LogP contribution in [0.15, 0.2) is 29.1 Å². The van der Waals surface area contributed by atoms with E-state index in [0.717, 1.165) is 13.1 Å². The first-order valence-corrected chi connectivity index (χ1v) is 5.71. The van der Waals surface area contributed by atoms with Gasteiger partial charge in [0.1, 0.15) is 11.4 Å². The summed E-state index contributed by atoms with van der Waals surface area (Å²) in [6.45, 7) is 3.22. The lowest BCUT2D eigenvalue weighted by atomic mass is 9.99. The fourth-order valence-electron chi connectivity index (χ4n) is 1.71. The van der Waals surface area contributed by atoms with Gasteiger partial charge in [-0.25, -0.2) is 0 Å². The highest BCUT2D eigenvalue weighted by atomic mass is 19.4. The summed E-state index contributed by atoms with van der Waals surface area (Å²) in [5.74, 6) is 0. The standard InChI is InChI=1S/C13H14F3N3O/c1-7-5-11(19-20)8(2)4-9(7)10(17)6-12(18-3)13(14,15)16/h4-6,17-18H,1-3H3/b12-6-,17-10?. The van der Waals surface area contributed by atoms with Crippen LogP contribution < -0.4 is 5.32 Å². The molecule has 0 spiro atoms. The van der Waals surface area contributed by atoms with Gasteiger partial charge in [0.2, 0.25) is 0 Å². The molecule has 0 amide bonds. The fourth-order valence-corrected chi connectivity index (χ4v) is 1.71. The molecule has 0 atom stereocenters. The van der Waals surface area contributed by atoms with Crippen LogP contribution in [0.1, 0.15) is 16.7 Å². The molecule has 0 bridgehead atoms. The fraction of sp³-hybridized carbons (Fsp3) is 0.308. The van der Waals surface area contributed by atoms with Gasteiger partial charge in [-0.3, -0.25) is 0 Å². The lowest BCUT2D eigenvalue weighted by Gasteiger charge is -2.12. The van der Waals surface area contributed by atoms with Gasteiger partial charge in [0.25, 0.3) is 0 Å². The van der Waals surface area contributed by atoms with Gasteiger partial charge in [0.15, 0.2) is 0 Å². The molecule has 0 unspecified atom stereocenters. The summed E-state index contributed by atoms with van der Waals surface area (Å²) in [4.78, 5) is 10.5. The average Bonchev–Trinajstić information content (AvgIpc) is 2.36. The summed E-state index contributed by atoms with van der Waals surface area (Å²) in [7, 11) is 1.14. The number of nitrogens with one attached hydrogen (secondary N) is 2. The number of benzene rings is 1. The molecule has 0 saturated carbocycles. The van der Waals surface area contributed by atoms with E-state index < -0.39 is 11.9 Å². The Morgan fingerprint density at radius 3 is 2.35 bits per heavy atom. The van der Waals surface area contributed by atoms with Gasteiger partial charge < -0.3 is 10.7 Å². The Bertz CT molecular complexity index is 577. The van der Waals surface area contributed by atoms with E-state index in [1.54, 1.807) is 13.8 Å². The van der Waals surface area contributed by atoms with Crippen molar-refractivity contribution in [1.82, 2.24) is 5.32 Å². The summed E-state index contributed by atoms with van der Waals surface area (Å²) in [6, 6.07) is 2.93. The van der Waals surface area contributed by atoms with Gasteiger partial charge in [-0.15, -0.1) is 4.91 Å². The molecular weight excluding hydrogens is 271 g/mol. The summed E-state index contributed by atoms with van der Waals surface area (Å²) in [5, 5.41) is 12.6. The maximum absolute atomic E-state index is 12.6. The Balaban J connectivity index is 3.26. The van der Waals surface area contributed by atoms with Crippen LogP contribution in [-0.4, -0.2) is 18.9 Å². The van der Waals surface area contributed by atoms with Gasteiger partial charge in [0, 0.05) is 12.6 Å². The van der Waals surface area contributed by atoms with E-state index in [4.69, 9.17) is 5.41 Å². The van der Waals surface area contributed by atoms with Gasteiger partial charge in [-0.2, -0.15) is 13.2 Å². The van der Waals surface area contributed by atoms with E-state index in [1.165, 1.54) is 12.1 Å². The number of hydrogen-bond donors (Lipinski definition) is 2. The summed E-state index contributed by atoms with van der Waals surface area (Å²) in [5.41, 5.74) is 0.280. The minimum absolute atomic E-state index is 0.215. The third-order valence-corrected chi connectivity index (χ3v) is 2.79. The highest BCUT2D eigenvalue weighted by molar-refractivity contribution is 6.08. The number of alkyl halides is 3. The molecule has 0 aliphatic heterocycles. The topological polar surface area (TPSA) is 65.3 Å². The van der Waals surface area contributed by atoms with Crippen molar-refractivity contribution in [2.45, 2.75) is 20.0 Å². The van der Waals surface area contributed by atoms with Gasteiger partial charge in [-0.1, -0.05) is 0 Å². The first kappa shape index (κ1) is 15.9. The average molecular weight is 285 g/mol. The van der Waals surface area contributed by atoms with Crippen LogP contribution >= 0.6 is 0 Å². The van der Waals surface area contributed by atoms with E-state index in [-0.39, 0.29) is 11.4 Å². The molecular formula is C13H14F3N3O. The van der Waals surface area contributed by atoms with E-state index >= 15 is 0 Å². The number of hydrogen-bond acceptors (Lipinski definition) is 4. The quantitative estimate of drug-likeness (QED) is 0.654. The molecule has 20 heavy (non-hydrogen) atoms. The van der Waals surface area contributed by atoms with Crippen molar-refractivity contribution in [2.24, 2.45) is 5.18 Å². The molecule has 0 saturated heterocycles. The summed E-state index contributed by atoms with van der Waals surface area (Å²) >= 11 is 0. The molecule has 108 valence electrons. The number of allylic oxidation sites excluding steroid dienone is 2. The third-order valence-electron chi connectivity index (χ3n) is 2.79. The Morgan fingerprint density at radius 1 is 1.30 bits per heavy atom. The van der Waals surface area contributed by atoms with Gasteiger partial charge in [0.05, 0.1) is 5.71 Å². The van der Waals surface area contributed by atoms with E-state index in [0.29, 0.717) is 16.7 Å². The largest absolute Gasteiger partial charge is 0.430 e. The lowest BCUT2D eigenvalue weighted by molar-refractivity contribution is -0.0958. The number of halogens is 3. The first-order valence-electron chi connectivity index (χ1n) is 5.71. The minimum atomic E-state index is -4.55. The molecule has 1 rings (SSSR count). The maximum atomic E-state index is 12.6. The Labute approximate surface area is 114 Å². The maximum Gasteiger partial charge on any atom is 0.430 e. The number of aryl methyl sites for hydroxylation is 2. The van der Waals surface area contributed by atoms with Crippen LogP contribution in [0.5, 0.6) is 0 Å². The van der Waals surface area contributed by atoms with Crippen LogP contribution in [-0.2, 0) is 0 Å². The smallest absolute Gasteiger partial charge is 0.384 e. The van der Waals surface area contributed by atoms with Crippen LogP contribution in [0, 0.1) is 24.2 Å². The number of rotatable bonds is 4. The summed E-state index contributed by atoms with van der Waals surface area (Å²) in [6.07, 6.45) is -3.83. The Kier molecular flexibility index (Phi) is 4.65. The second kappa shape index (κ2) is 5.85. The molecule has 2 N–H and O–H groups in total. The number of nitrogens with zero attached hydrogens (tertiary/aromatic N) is 1. The van der Waals surface area contributed by atoms with Crippen molar-refractivity contribution in [2.75, 3.05) is 7.05 Å². The van der Waals surface area contributed by atoms with Crippen LogP contribution in [0.2, 0.25) is 0 Å². The zero-order chi connectivity index (χ0) is 15.5. The Morgan fingerprint density at radius 2 is 1.90 bits per heavy atom. The van der Waals surface area contributed by atoms with Gasteiger partial charge >= 0.3 is 6.18 Å². The molecule has 0 aromatic heterocycles. The Hall–Kier alpha value is -2.18. The highest BCUT2D eigenvalue weighted by Crippen LogP contribution is 2.26. The highest BCUT2D eigenvalue weighted by Gasteiger charge is 2.33. The van der Waals surface area contributed by atoms with Crippen molar-refractivity contribution in [3.63, 3.8) is 0 Å². The molecule has 0 fully saturated rings. The molecule has 0 radical (unpaired) electrons. The van der Waals surface area contributed by atoms with Crippen molar-refractivity contribution in [3.05, 3.63) is 45.5 Å². The van der Waals surface area contributed by atoms with Crippen LogP contribution in [0.25, 0.3) is 0 Å². The third kappa shape index (κ3) is 3.43. The van der Waals surface area contributed by atoms with Gasteiger partial charge in [-0.05, 0) is 48.4 Å². The molecule has 0 aliphatic carbocycles. The minimum Gasteiger partial charge on any atom is -0.384 e. The van der Waals surface area contributed by atoms with E-state index in [1.807, 2.05) is 5.32 Å². The van der Waals surface area contributed by atoms with Crippen molar-refractivity contribution in [1.29, 1.82) is 5.41 Å². The monoisotopic (exact) mass is 285 g/mol. The molecule has 0 aliphatic rings. The predicted octanol–water partition coefficient (Wildman–Crippen LogP) is 3.73. The second-order valence-electron chi connectivity index (χ2n) is 4.26. The van der Waals surface area contributed by atoms with Crippen LogP contribution in [0.4, 0.5) is 18.9 Å². The second-order valence-corrected chi connectivity index (χ2v) is 4.26. The van der Waals surface area contributed by atoms with Crippen molar-refractivity contribution >= 4 is 11.4 Å². The molecule has 1 aromatic rings. The van der Waals surface area contributed by atoms with E-state index in [9.17, 15) is 18.1 Å². The lowest BCUT2D eigenvalue weighted by Crippen LogP contribution is -2.24. The SMILES string of the molecule is CN/C(=C\C(=N)c1cc(C)c(N=O)cc1C)C(F)(F)F. The molecule has 4 nitrogen and oxygen atoms in total. The van der Waals surface area contributed by atoms with E-state index in [2.05, 4.69) is 5.18 Å². The summed E-state index contributed by atoms with van der Waals surface area (Å²) < 4.78 is 37.8. The zero-order valence-electron chi connectivity index (χ0n) is 11.2. The van der Waals surface area contributed by atoms with Crippen LogP contribution in [0.3, 0.4) is 0 Å².